The van der Waals surface area contributed by atoms with Gasteiger partial charge in [-0.1, -0.05) is 86.3 Å². The first kappa shape index (κ1) is 32.8. The van der Waals surface area contributed by atoms with Crippen molar-refractivity contribution >= 4 is 12.5 Å². The highest BCUT2D eigenvalue weighted by atomic mass is 16.3. The SMILES string of the molecule is CC.CC.CCCC1(C)/C(=C\C=O)CCC2C3CCCC3(C)CC(O)C21.CCCC1CC=C(C)C=N1. The number of hydrogen-bond acceptors (Lipinski definition) is 3. The van der Waals surface area contributed by atoms with E-state index in [2.05, 4.69) is 45.7 Å². The average Bonchev–Trinajstić information content (AvgIpc) is 3.26. The Morgan fingerprint density at radius 1 is 1.11 bits per heavy atom. The predicted octanol–water partition coefficient (Wildman–Crippen LogP) is 9.14. The molecule has 4 aliphatic rings. The second-order valence-electron chi connectivity index (χ2n) is 11.6. The zero-order valence-electron chi connectivity index (χ0n) is 25.3. The van der Waals surface area contributed by atoms with Gasteiger partial charge in [0.15, 0.2) is 0 Å². The smallest absolute Gasteiger partial charge is 0.142 e. The Bertz CT molecular complexity index is 738. The fourth-order valence-electron chi connectivity index (χ4n) is 7.87. The maximum absolute atomic E-state index is 11.1. The van der Waals surface area contributed by atoms with Gasteiger partial charge in [-0.3, -0.25) is 9.79 Å². The number of aliphatic hydroxyl groups excluding tert-OH is 1. The zero-order valence-corrected chi connectivity index (χ0v) is 25.3. The number of aldehydes is 1. The van der Waals surface area contributed by atoms with Gasteiger partial charge in [0.05, 0.1) is 12.1 Å². The van der Waals surface area contributed by atoms with Crippen molar-refractivity contribution in [1.82, 2.24) is 0 Å². The number of allylic oxidation sites excluding steroid dienone is 3. The van der Waals surface area contributed by atoms with Crippen LogP contribution in [0.3, 0.4) is 0 Å². The molecule has 1 heterocycles. The van der Waals surface area contributed by atoms with E-state index in [1.165, 1.54) is 49.7 Å². The molecule has 36 heavy (non-hydrogen) atoms. The largest absolute Gasteiger partial charge is 0.393 e. The lowest BCUT2D eigenvalue weighted by Gasteiger charge is -2.58. The third-order valence-corrected chi connectivity index (χ3v) is 9.30. The molecule has 1 aliphatic heterocycles. The van der Waals surface area contributed by atoms with Gasteiger partial charge < -0.3 is 5.11 Å². The molecule has 208 valence electrons. The maximum atomic E-state index is 11.1. The van der Waals surface area contributed by atoms with Crippen molar-refractivity contribution in [3.8, 4) is 0 Å². The van der Waals surface area contributed by atoms with E-state index >= 15 is 0 Å². The van der Waals surface area contributed by atoms with Crippen LogP contribution in [-0.4, -0.2) is 29.8 Å². The van der Waals surface area contributed by atoms with Gasteiger partial charge in [0.2, 0.25) is 0 Å². The molecule has 7 atom stereocenters. The van der Waals surface area contributed by atoms with Crippen LogP contribution in [0.25, 0.3) is 0 Å². The second kappa shape index (κ2) is 15.9. The van der Waals surface area contributed by atoms with Crippen molar-refractivity contribution in [3.05, 3.63) is 23.3 Å². The van der Waals surface area contributed by atoms with E-state index in [9.17, 15) is 9.90 Å². The normalized spacial score (nSPS) is 37.6. The zero-order chi connectivity index (χ0) is 27.4. The molecule has 3 nitrogen and oxygen atoms in total. The minimum atomic E-state index is -0.198. The van der Waals surface area contributed by atoms with Gasteiger partial charge >= 0.3 is 0 Å². The first-order valence-electron chi connectivity index (χ1n) is 15.3. The summed E-state index contributed by atoms with van der Waals surface area (Å²) in [4.78, 5) is 15.5. The molecular formula is C33H59NO2. The number of rotatable bonds is 5. The van der Waals surface area contributed by atoms with Crippen LogP contribution in [0, 0.1) is 28.6 Å². The molecule has 0 aromatic rings. The van der Waals surface area contributed by atoms with Gasteiger partial charge in [-0.05, 0) is 98.5 Å². The molecule has 0 spiro atoms. The van der Waals surface area contributed by atoms with E-state index in [1.807, 2.05) is 33.9 Å². The number of carbonyl (C=O) groups excluding carboxylic acids is 1. The van der Waals surface area contributed by atoms with E-state index in [4.69, 9.17) is 0 Å². The molecule has 0 aromatic heterocycles. The summed E-state index contributed by atoms with van der Waals surface area (Å²) in [6.45, 7) is 19.3. The summed E-state index contributed by atoms with van der Waals surface area (Å²) in [5.41, 5.74) is 2.99. The summed E-state index contributed by atoms with van der Waals surface area (Å²) < 4.78 is 0. The average molecular weight is 502 g/mol. The van der Waals surface area contributed by atoms with Crippen LogP contribution in [0.4, 0.5) is 0 Å². The van der Waals surface area contributed by atoms with Crippen molar-refractivity contribution in [1.29, 1.82) is 0 Å². The van der Waals surface area contributed by atoms with Crippen LogP contribution in [0.5, 0.6) is 0 Å². The molecule has 0 amide bonds. The van der Waals surface area contributed by atoms with E-state index in [1.54, 1.807) is 6.08 Å². The van der Waals surface area contributed by atoms with Crippen molar-refractivity contribution in [2.45, 2.75) is 145 Å². The molecular weight excluding hydrogens is 442 g/mol. The summed E-state index contributed by atoms with van der Waals surface area (Å²) in [6, 6.07) is 0.577. The number of fused-ring (bicyclic) bond motifs is 3. The minimum absolute atomic E-state index is 0.0158. The van der Waals surface area contributed by atoms with Crippen molar-refractivity contribution in [2.75, 3.05) is 0 Å². The summed E-state index contributed by atoms with van der Waals surface area (Å²) in [5.74, 6) is 1.79. The number of aliphatic hydroxyl groups is 1. The molecule has 7 unspecified atom stereocenters. The highest BCUT2D eigenvalue weighted by Gasteiger charge is 2.58. The molecule has 3 aliphatic carbocycles. The van der Waals surface area contributed by atoms with Crippen LogP contribution < -0.4 is 0 Å². The fraction of sp³-hybridized carbons (Fsp3) is 0.818. The van der Waals surface area contributed by atoms with Crippen LogP contribution in [-0.2, 0) is 4.79 Å². The quantitative estimate of drug-likeness (QED) is 0.301. The topological polar surface area (TPSA) is 49.7 Å². The monoisotopic (exact) mass is 501 g/mol. The van der Waals surface area contributed by atoms with Crippen molar-refractivity contribution in [2.24, 2.45) is 33.6 Å². The van der Waals surface area contributed by atoms with Gasteiger partial charge in [0.1, 0.15) is 6.29 Å². The summed E-state index contributed by atoms with van der Waals surface area (Å²) in [6.07, 6.45) is 19.8. The molecule has 4 rings (SSSR count). The standard InChI is InChI=1S/C20H32O2.C9H15N.2C2H6/c1-4-10-20(3)14(9-12-21)7-8-15-16-6-5-11-19(16,2)13-17(22)18(15)20;1-3-4-9-6-5-8(2)7-10-9;2*1-2/h9,12,15-18,22H,4-8,10-11,13H2,1-3H3;5,7,9H,3-4,6H2,1-2H3;2*1-2H3/b14-9-;;;. The summed E-state index contributed by atoms with van der Waals surface area (Å²) in [5, 5.41) is 11.0. The Morgan fingerprint density at radius 2 is 1.81 bits per heavy atom. The Hall–Kier alpha value is -1.22. The van der Waals surface area contributed by atoms with Crippen LogP contribution in [0.15, 0.2) is 28.3 Å². The van der Waals surface area contributed by atoms with Crippen molar-refractivity contribution in [3.63, 3.8) is 0 Å². The van der Waals surface area contributed by atoms with E-state index < -0.39 is 0 Å². The molecule has 3 saturated carbocycles. The van der Waals surface area contributed by atoms with E-state index in [0.29, 0.717) is 23.3 Å². The molecule has 1 N–H and O–H groups in total. The maximum Gasteiger partial charge on any atom is 0.142 e. The Balaban J connectivity index is 0.000000388. The lowest BCUT2D eigenvalue weighted by Crippen LogP contribution is -2.54. The highest BCUT2D eigenvalue weighted by molar-refractivity contribution is 5.78. The van der Waals surface area contributed by atoms with Gasteiger partial charge in [-0.2, -0.15) is 0 Å². The lowest BCUT2D eigenvalue weighted by molar-refractivity contribution is -0.117. The Kier molecular flexibility index (Phi) is 14.5. The van der Waals surface area contributed by atoms with Crippen LogP contribution in [0.2, 0.25) is 0 Å². The number of carbonyl (C=O) groups is 1. The first-order valence-corrected chi connectivity index (χ1v) is 15.3. The molecule has 0 bridgehead atoms. The van der Waals surface area contributed by atoms with E-state index in [0.717, 1.165) is 44.3 Å². The van der Waals surface area contributed by atoms with Gasteiger partial charge in [0.25, 0.3) is 0 Å². The van der Waals surface area contributed by atoms with Crippen LogP contribution in [0.1, 0.15) is 133 Å². The molecule has 0 radical (unpaired) electrons. The summed E-state index contributed by atoms with van der Waals surface area (Å²) >= 11 is 0. The minimum Gasteiger partial charge on any atom is -0.393 e. The summed E-state index contributed by atoms with van der Waals surface area (Å²) in [7, 11) is 0. The molecule has 3 fully saturated rings. The third-order valence-electron chi connectivity index (χ3n) is 9.30. The first-order chi connectivity index (χ1) is 17.3. The molecule has 0 aromatic carbocycles. The van der Waals surface area contributed by atoms with Gasteiger partial charge in [-0.15, -0.1) is 0 Å². The van der Waals surface area contributed by atoms with Crippen molar-refractivity contribution < 1.29 is 9.90 Å². The Morgan fingerprint density at radius 3 is 2.36 bits per heavy atom. The third kappa shape index (κ3) is 7.65. The number of nitrogens with zero attached hydrogens (tertiary/aromatic N) is 1. The highest BCUT2D eigenvalue weighted by Crippen LogP contribution is 2.64. The number of aliphatic imine (C=N–C) groups is 1. The van der Waals surface area contributed by atoms with E-state index in [-0.39, 0.29) is 11.5 Å². The van der Waals surface area contributed by atoms with Gasteiger partial charge in [0, 0.05) is 6.21 Å². The predicted molar refractivity (Wildman–Crippen MR) is 158 cm³/mol. The van der Waals surface area contributed by atoms with Gasteiger partial charge in [-0.25, -0.2) is 0 Å². The molecule has 0 saturated heterocycles. The second-order valence-corrected chi connectivity index (χ2v) is 11.6. The number of hydrogen-bond donors (Lipinski definition) is 1. The van der Waals surface area contributed by atoms with Crippen LogP contribution >= 0.6 is 0 Å². The fourth-order valence-corrected chi connectivity index (χ4v) is 7.87. The Labute approximate surface area is 224 Å². The number of dihydropyridines is 1. The molecule has 3 heteroatoms. The lowest BCUT2D eigenvalue weighted by atomic mass is 9.47.